The van der Waals surface area contributed by atoms with E-state index in [0.717, 1.165) is 56.9 Å². The summed E-state index contributed by atoms with van der Waals surface area (Å²) in [6.45, 7) is 5.74. The topological polar surface area (TPSA) is 15.7 Å². The van der Waals surface area contributed by atoms with Crippen LogP contribution >= 0.6 is 23.2 Å². The first-order valence-corrected chi connectivity index (χ1v) is 7.78. The summed E-state index contributed by atoms with van der Waals surface area (Å²) < 4.78 is 5.38. The lowest BCUT2D eigenvalue weighted by Gasteiger charge is -2.32. The van der Waals surface area contributed by atoms with Gasteiger partial charge in [-0.15, -0.1) is 0 Å². The summed E-state index contributed by atoms with van der Waals surface area (Å²) in [7, 11) is 3.83. The van der Waals surface area contributed by atoms with Gasteiger partial charge in [0.2, 0.25) is 0 Å². The fraction of sp³-hybridized carbons (Fsp3) is 0.600. The molecular weight excluding hydrogens is 295 g/mol. The van der Waals surface area contributed by atoms with E-state index in [9.17, 15) is 0 Å². The Morgan fingerprint density at radius 3 is 2.50 bits per heavy atom. The van der Waals surface area contributed by atoms with Crippen LogP contribution in [0.5, 0.6) is 5.75 Å². The number of piperazine rings is 1. The highest BCUT2D eigenvalue weighted by Crippen LogP contribution is 2.32. The van der Waals surface area contributed by atoms with Crippen LogP contribution in [0.4, 0.5) is 0 Å². The van der Waals surface area contributed by atoms with Crippen LogP contribution in [-0.4, -0.2) is 56.7 Å². The Kier molecular flexibility index (Phi) is 5.97. The van der Waals surface area contributed by atoms with Gasteiger partial charge in [-0.25, -0.2) is 0 Å². The summed E-state index contributed by atoms with van der Waals surface area (Å²) in [5.74, 6) is 0.759. The van der Waals surface area contributed by atoms with Crippen molar-refractivity contribution in [3.05, 3.63) is 27.7 Å². The first-order valence-electron chi connectivity index (χ1n) is 7.03. The Labute approximate surface area is 131 Å². The van der Waals surface area contributed by atoms with Crippen molar-refractivity contribution in [1.82, 2.24) is 9.80 Å². The molecule has 2 rings (SSSR count). The van der Waals surface area contributed by atoms with Crippen LogP contribution in [0.2, 0.25) is 10.0 Å². The second-order valence-corrected chi connectivity index (χ2v) is 6.17. The van der Waals surface area contributed by atoms with Gasteiger partial charge in [0.15, 0.2) is 0 Å². The predicted octanol–water partition coefficient (Wildman–Crippen LogP) is 3.18. The highest BCUT2D eigenvalue weighted by molar-refractivity contribution is 6.35. The summed E-state index contributed by atoms with van der Waals surface area (Å²) >= 11 is 12.2. The van der Waals surface area contributed by atoms with E-state index < -0.39 is 0 Å². The molecule has 0 aliphatic carbocycles. The predicted molar refractivity (Wildman–Crippen MR) is 85.3 cm³/mol. The smallest absolute Gasteiger partial charge is 0.140 e. The maximum atomic E-state index is 6.15. The highest BCUT2D eigenvalue weighted by Gasteiger charge is 2.14. The van der Waals surface area contributed by atoms with Gasteiger partial charge < -0.3 is 14.5 Å². The van der Waals surface area contributed by atoms with Gasteiger partial charge in [-0.1, -0.05) is 23.2 Å². The number of methoxy groups -OCH3 is 1. The van der Waals surface area contributed by atoms with Crippen molar-refractivity contribution in [1.29, 1.82) is 0 Å². The Morgan fingerprint density at radius 2 is 1.85 bits per heavy atom. The molecule has 20 heavy (non-hydrogen) atoms. The normalized spacial score (nSPS) is 17.4. The fourth-order valence-corrected chi connectivity index (χ4v) is 3.21. The number of halogens is 2. The lowest BCUT2D eigenvalue weighted by molar-refractivity contribution is 0.153. The fourth-order valence-electron chi connectivity index (χ4n) is 2.59. The number of hydrogen-bond acceptors (Lipinski definition) is 3. The van der Waals surface area contributed by atoms with Gasteiger partial charge in [-0.3, -0.25) is 0 Å². The van der Waals surface area contributed by atoms with Gasteiger partial charge in [0.25, 0.3) is 0 Å². The molecule has 1 aliphatic heterocycles. The number of ether oxygens (including phenoxy) is 1. The number of benzene rings is 1. The van der Waals surface area contributed by atoms with Gasteiger partial charge in [0.1, 0.15) is 5.75 Å². The molecule has 0 radical (unpaired) electrons. The highest BCUT2D eigenvalue weighted by atomic mass is 35.5. The number of hydrogen-bond donors (Lipinski definition) is 0. The Bertz CT molecular complexity index is 446. The zero-order valence-electron chi connectivity index (χ0n) is 12.2. The molecule has 0 unspecified atom stereocenters. The van der Waals surface area contributed by atoms with Crippen LogP contribution in [0.25, 0.3) is 0 Å². The van der Waals surface area contributed by atoms with Crippen molar-refractivity contribution in [2.24, 2.45) is 0 Å². The zero-order chi connectivity index (χ0) is 14.5. The molecule has 1 fully saturated rings. The van der Waals surface area contributed by atoms with Crippen LogP contribution in [0, 0.1) is 0 Å². The van der Waals surface area contributed by atoms with E-state index in [1.54, 1.807) is 13.2 Å². The molecule has 0 saturated carbocycles. The molecule has 0 aromatic heterocycles. The maximum absolute atomic E-state index is 6.15. The second-order valence-electron chi connectivity index (χ2n) is 5.33. The molecular formula is C15H22Cl2N2O. The first-order chi connectivity index (χ1) is 9.60. The molecule has 1 aliphatic rings. The summed E-state index contributed by atoms with van der Waals surface area (Å²) in [4.78, 5) is 4.88. The molecule has 0 N–H and O–H groups in total. The van der Waals surface area contributed by atoms with Crippen LogP contribution in [0.1, 0.15) is 12.0 Å². The maximum Gasteiger partial charge on any atom is 0.140 e. The second kappa shape index (κ2) is 7.51. The van der Waals surface area contributed by atoms with Gasteiger partial charge in [-0.05, 0) is 44.1 Å². The quantitative estimate of drug-likeness (QED) is 0.829. The standard InChI is InChI=1S/C15H22Cl2N2O/c1-18-6-8-19(9-7-18)5-3-4-12-10-13(16)11-14(17)15(12)20-2/h10-11H,3-9H2,1-2H3. The van der Waals surface area contributed by atoms with E-state index in [0.29, 0.717) is 10.0 Å². The van der Waals surface area contributed by atoms with Crippen LogP contribution in [-0.2, 0) is 6.42 Å². The minimum absolute atomic E-state index is 0.592. The zero-order valence-corrected chi connectivity index (χ0v) is 13.7. The lowest BCUT2D eigenvalue weighted by atomic mass is 10.1. The Balaban J connectivity index is 1.87. The van der Waals surface area contributed by atoms with Crippen LogP contribution in [0.3, 0.4) is 0 Å². The molecule has 0 bridgehead atoms. The van der Waals surface area contributed by atoms with Gasteiger partial charge >= 0.3 is 0 Å². The third-order valence-electron chi connectivity index (χ3n) is 3.81. The third kappa shape index (κ3) is 4.26. The minimum atomic E-state index is 0.592. The molecule has 1 aromatic carbocycles. The molecule has 0 spiro atoms. The Hall–Kier alpha value is -0.480. The minimum Gasteiger partial charge on any atom is -0.495 e. The van der Waals surface area contributed by atoms with E-state index in [2.05, 4.69) is 16.8 Å². The number of rotatable bonds is 5. The summed E-state index contributed by atoms with van der Waals surface area (Å²) in [6, 6.07) is 3.68. The third-order valence-corrected chi connectivity index (χ3v) is 4.30. The van der Waals surface area contributed by atoms with Crippen molar-refractivity contribution >= 4 is 23.2 Å². The van der Waals surface area contributed by atoms with Crippen molar-refractivity contribution < 1.29 is 4.74 Å². The summed E-state index contributed by atoms with van der Waals surface area (Å²) in [5, 5.41) is 1.26. The van der Waals surface area contributed by atoms with Gasteiger partial charge in [-0.2, -0.15) is 0 Å². The molecule has 0 atom stereocenters. The van der Waals surface area contributed by atoms with Crippen molar-refractivity contribution in [2.45, 2.75) is 12.8 Å². The Morgan fingerprint density at radius 1 is 1.15 bits per heavy atom. The van der Waals surface area contributed by atoms with Gasteiger partial charge in [0, 0.05) is 31.2 Å². The number of likely N-dealkylation sites (N-methyl/N-ethyl adjacent to an activating group) is 1. The largest absolute Gasteiger partial charge is 0.495 e. The van der Waals surface area contributed by atoms with E-state index in [4.69, 9.17) is 27.9 Å². The SMILES string of the molecule is COc1c(Cl)cc(Cl)cc1CCCN1CCN(C)CC1. The van der Waals surface area contributed by atoms with Crippen molar-refractivity contribution in [3.63, 3.8) is 0 Å². The molecule has 1 heterocycles. The van der Waals surface area contributed by atoms with Crippen LogP contribution < -0.4 is 4.74 Å². The molecule has 3 nitrogen and oxygen atoms in total. The van der Waals surface area contributed by atoms with E-state index in [1.165, 1.54) is 0 Å². The van der Waals surface area contributed by atoms with Gasteiger partial charge in [0.05, 0.1) is 12.1 Å². The van der Waals surface area contributed by atoms with Crippen molar-refractivity contribution in [2.75, 3.05) is 46.9 Å². The first kappa shape index (κ1) is 15.9. The number of nitrogens with zero attached hydrogens (tertiary/aromatic N) is 2. The summed E-state index contributed by atoms with van der Waals surface area (Å²) in [6.07, 6.45) is 2.03. The monoisotopic (exact) mass is 316 g/mol. The lowest BCUT2D eigenvalue weighted by Crippen LogP contribution is -2.44. The number of aryl methyl sites for hydroxylation is 1. The molecule has 1 saturated heterocycles. The van der Waals surface area contributed by atoms with E-state index in [-0.39, 0.29) is 0 Å². The average Bonchev–Trinajstić information content (AvgIpc) is 2.40. The van der Waals surface area contributed by atoms with E-state index >= 15 is 0 Å². The molecule has 112 valence electrons. The molecule has 5 heteroatoms. The molecule has 0 amide bonds. The van der Waals surface area contributed by atoms with Crippen molar-refractivity contribution in [3.8, 4) is 5.75 Å². The summed E-state index contributed by atoms with van der Waals surface area (Å²) in [5.41, 5.74) is 1.10. The molecule has 1 aromatic rings. The average molecular weight is 317 g/mol. The van der Waals surface area contributed by atoms with Crippen LogP contribution in [0.15, 0.2) is 12.1 Å². The van der Waals surface area contributed by atoms with E-state index in [1.807, 2.05) is 6.07 Å².